The standard InChI is InChI=1S/C20H24N2O7/c1-4-5-13-8-18(26)29-15-7-11(2)6-14(19(13)15)28-12(3)20(27)22-9-16(23)21-10-17(24)25/h6-8,12H,4-5,9-10H2,1-3H3,(H,21,23)(H,22,27)(H,24,25)/p-1/t12-/m1/s1. The van der Waals surface area contributed by atoms with Gasteiger partial charge in [-0.3, -0.25) is 9.59 Å². The van der Waals surface area contributed by atoms with E-state index in [4.69, 9.17) is 9.15 Å². The molecule has 2 rings (SSSR count). The number of carboxylic acid groups (broad SMARTS) is 1. The average molecular weight is 403 g/mol. The number of carboxylic acids is 1. The molecule has 9 heteroatoms. The predicted molar refractivity (Wildman–Crippen MR) is 102 cm³/mol. The van der Waals surface area contributed by atoms with Gasteiger partial charge in [0.1, 0.15) is 11.3 Å². The molecule has 9 nitrogen and oxygen atoms in total. The highest BCUT2D eigenvalue weighted by Crippen LogP contribution is 2.31. The number of benzene rings is 1. The number of ether oxygens (including phenoxy) is 1. The fourth-order valence-corrected chi connectivity index (χ4v) is 2.82. The highest BCUT2D eigenvalue weighted by molar-refractivity contribution is 5.90. The maximum absolute atomic E-state index is 12.3. The molecule has 0 unspecified atom stereocenters. The number of nitrogens with one attached hydrogen (secondary N) is 2. The topological polar surface area (TPSA) is 138 Å². The lowest BCUT2D eigenvalue weighted by Gasteiger charge is -2.18. The predicted octanol–water partition coefficient (Wildman–Crippen LogP) is -0.196. The SMILES string of the molecule is CCCc1cc(=O)oc2cc(C)cc(O[C@H](C)C(=O)NCC(=O)NCC(=O)[O-])c12. The van der Waals surface area contributed by atoms with Gasteiger partial charge in [-0.05, 0) is 43.5 Å². The Hall–Kier alpha value is -3.36. The van der Waals surface area contributed by atoms with E-state index in [1.165, 1.54) is 13.0 Å². The quantitative estimate of drug-likeness (QED) is 0.553. The molecule has 2 N–H and O–H groups in total. The van der Waals surface area contributed by atoms with Gasteiger partial charge in [0, 0.05) is 6.07 Å². The number of carbonyl (C=O) groups is 3. The number of aryl methyl sites for hydroxylation is 2. The fourth-order valence-electron chi connectivity index (χ4n) is 2.82. The van der Waals surface area contributed by atoms with E-state index < -0.39 is 42.6 Å². The van der Waals surface area contributed by atoms with Crippen LogP contribution in [0.4, 0.5) is 0 Å². The van der Waals surface area contributed by atoms with Crippen molar-refractivity contribution in [2.75, 3.05) is 13.1 Å². The fraction of sp³-hybridized carbons (Fsp3) is 0.400. The van der Waals surface area contributed by atoms with Gasteiger partial charge in [0.15, 0.2) is 6.10 Å². The monoisotopic (exact) mass is 403 g/mol. The van der Waals surface area contributed by atoms with Crippen LogP contribution < -0.4 is 26.1 Å². The Balaban J connectivity index is 2.18. The van der Waals surface area contributed by atoms with Gasteiger partial charge in [0.2, 0.25) is 5.91 Å². The first kappa shape index (κ1) is 21.9. The number of amides is 2. The molecule has 1 atom stereocenters. The zero-order chi connectivity index (χ0) is 21.6. The molecule has 2 amide bonds. The number of fused-ring (bicyclic) bond motifs is 1. The number of rotatable bonds is 9. The second-order valence-electron chi connectivity index (χ2n) is 6.60. The first-order valence-electron chi connectivity index (χ1n) is 9.19. The van der Waals surface area contributed by atoms with Gasteiger partial charge in [0.05, 0.1) is 24.4 Å². The molecular weight excluding hydrogens is 380 g/mol. The van der Waals surface area contributed by atoms with E-state index in [1.807, 2.05) is 13.8 Å². The number of aliphatic carboxylic acids is 1. The molecular formula is C20H23N2O7-. The molecule has 0 aliphatic carbocycles. The molecule has 1 aromatic heterocycles. The van der Waals surface area contributed by atoms with Crippen molar-refractivity contribution in [3.63, 3.8) is 0 Å². The highest BCUT2D eigenvalue weighted by Gasteiger charge is 2.19. The zero-order valence-electron chi connectivity index (χ0n) is 16.5. The van der Waals surface area contributed by atoms with E-state index in [1.54, 1.807) is 12.1 Å². The lowest BCUT2D eigenvalue weighted by molar-refractivity contribution is -0.304. The maximum atomic E-state index is 12.3. The molecule has 0 saturated carbocycles. The molecule has 156 valence electrons. The summed E-state index contributed by atoms with van der Waals surface area (Å²) < 4.78 is 11.1. The van der Waals surface area contributed by atoms with Crippen LogP contribution in [0.3, 0.4) is 0 Å². The van der Waals surface area contributed by atoms with Crippen LogP contribution in [-0.2, 0) is 20.8 Å². The normalized spacial score (nSPS) is 11.7. The minimum Gasteiger partial charge on any atom is -0.548 e. The minimum absolute atomic E-state index is 0.380. The number of carbonyl (C=O) groups excluding carboxylic acids is 3. The summed E-state index contributed by atoms with van der Waals surface area (Å²) >= 11 is 0. The lowest BCUT2D eigenvalue weighted by Crippen LogP contribution is -2.45. The molecule has 0 aliphatic heterocycles. The molecule has 0 radical (unpaired) electrons. The average Bonchev–Trinajstić information content (AvgIpc) is 2.63. The van der Waals surface area contributed by atoms with Crippen LogP contribution in [0, 0.1) is 6.92 Å². The summed E-state index contributed by atoms with van der Waals surface area (Å²) in [6, 6.07) is 4.90. The zero-order valence-corrected chi connectivity index (χ0v) is 16.5. The van der Waals surface area contributed by atoms with Crippen LogP contribution in [0.5, 0.6) is 5.75 Å². The Kier molecular flexibility index (Phi) is 7.35. The maximum Gasteiger partial charge on any atom is 0.336 e. The molecule has 0 fully saturated rings. The smallest absolute Gasteiger partial charge is 0.336 e. The molecule has 0 bridgehead atoms. The second kappa shape index (κ2) is 9.72. The van der Waals surface area contributed by atoms with Gasteiger partial charge in [-0.25, -0.2) is 4.79 Å². The van der Waals surface area contributed by atoms with E-state index in [0.29, 0.717) is 23.1 Å². The summed E-state index contributed by atoms with van der Waals surface area (Å²) in [6.45, 7) is 4.27. The van der Waals surface area contributed by atoms with E-state index in [-0.39, 0.29) is 0 Å². The van der Waals surface area contributed by atoms with Crippen molar-refractivity contribution >= 4 is 28.8 Å². The Morgan fingerprint density at radius 1 is 1.17 bits per heavy atom. The van der Waals surface area contributed by atoms with E-state index in [0.717, 1.165) is 17.5 Å². The van der Waals surface area contributed by atoms with Crippen LogP contribution in [0.15, 0.2) is 27.4 Å². The van der Waals surface area contributed by atoms with Crippen molar-refractivity contribution in [2.24, 2.45) is 0 Å². The van der Waals surface area contributed by atoms with Crippen LogP contribution in [-0.4, -0.2) is 37.0 Å². The van der Waals surface area contributed by atoms with Gasteiger partial charge in [-0.1, -0.05) is 13.3 Å². The van der Waals surface area contributed by atoms with Crippen LogP contribution in [0.2, 0.25) is 0 Å². The summed E-state index contributed by atoms with van der Waals surface area (Å²) in [4.78, 5) is 45.9. The van der Waals surface area contributed by atoms with Crippen molar-refractivity contribution in [2.45, 2.75) is 39.7 Å². The third kappa shape index (κ3) is 6.06. The Morgan fingerprint density at radius 2 is 1.90 bits per heavy atom. The summed E-state index contributed by atoms with van der Waals surface area (Å²) in [7, 11) is 0. The first-order chi connectivity index (χ1) is 13.7. The second-order valence-corrected chi connectivity index (χ2v) is 6.60. The molecule has 0 aliphatic rings. The summed E-state index contributed by atoms with van der Waals surface area (Å²) in [5.74, 6) is -2.25. The van der Waals surface area contributed by atoms with E-state index in [9.17, 15) is 24.3 Å². The lowest BCUT2D eigenvalue weighted by atomic mass is 10.0. The van der Waals surface area contributed by atoms with Crippen molar-refractivity contribution in [1.82, 2.24) is 10.6 Å². The highest BCUT2D eigenvalue weighted by atomic mass is 16.5. The Labute approximate surface area is 167 Å². The minimum atomic E-state index is -1.43. The van der Waals surface area contributed by atoms with Gasteiger partial charge < -0.3 is 29.7 Å². The van der Waals surface area contributed by atoms with Gasteiger partial charge >= 0.3 is 5.63 Å². The first-order valence-corrected chi connectivity index (χ1v) is 9.19. The van der Waals surface area contributed by atoms with Gasteiger partial charge in [-0.15, -0.1) is 0 Å². The third-order valence-corrected chi connectivity index (χ3v) is 4.08. The van der Waals surface area contributed by atoms with Crippen molar-refractivity contribution in [3.05, 3.63) is 39.7 Å². The summed E-state index contributed by atoms with van der Waals surface area (Å²) in [5, 5.41) is 15.4. The van der Waals surface area contributed by atoms with Crippen molar-refractivity contribution in [3.8, 4) is 5.75 Å². The molecule has 1 heterocycles. The van der Waals surface area contributed by atoms with Crippen LogP contribution in [0.25, 0.3) is 11.0 Å². The van der Waals surface area contributed by atoms with Gasteiger partial charge in [-0.2, -0.15) is 0 Å². The third-order valence-electron chi connectivity index (χ3n) is 4.08. The van der Waals surface area contributed by atoms with Gasteiger partial charge in [0.25, 0.3) is 5.91 Å². The Morgan fingerprint density at radius 3 is 2.55 bits per heavy atom. The van der Waals surface area contributed by atoms with Crippen molar-refractivity contribution in [1.29, 1.82) is 0 Å². The van der Waals surface area contributed by atoms with E-state index in [2.05, 4.69) is 10.6 Å². The molecule has 2 aromatic rings. The summed E-state index contributed by atoms with van der Waals surface area (Å²) in [5.41, 5.74) is 1.48. The van der Waals surface area contributed by atoms with E-state index >= 15 is 0 Å². The van der Waals surface area contributed by atoms with Crippen LogP contribution >= 0.6 is 0 Å². The number of hydrogen-bond acceptors (Lipinski definition) is 7. The van der Waals surface area contributed by atoms with Crippen molar-refractivity contribution < 1.29 is 28.6 Å². The largest absolute Gasteiger partial charge is 0.548 e. The van der Waals surface area contributed by atoms with Crippen LogP contribution in [0.1, 0.15) is 31.4 Å². The molecule has 0 saturated heterocycles. The molecule has 29 heavy (non-hydrogen) atoms. The number of hydrogen-bond donors (Lipinski definition) is 2. The molecule has 0 spiro atoms. The Bertz CT molecular complexity index is 981. The summed E-state index contributed by atoms with van der Waals surface area (Å²) in [6.07, 6.45) is 0.499. The molecule has 1 aromatic carbocycles.